The molecule has 0 unspecified atom stereocenters. The van der Waals surface area contributed by atoms with E-state index in [0.29, 0.717) is 11.6 Å². The number of benzene rings is 1. The van der Waals surface area contributed by atoms with E-state index in [0.717, 1.165) is 16.9 Å². The molecule has 0 aliphatic heterocycles. The lowest BCUT2D eigenvalue weighted by molar-refractivity contribution is 0.102. The highest BCUT2D eigenvalue weighted by molar-refractivity contribution is 6.05. The smallest absolute Gasteiger partial charge is 0.257 e. The van der Waals surface area contributed by atoms with Crippen molar-refractivity contribution in [3.05, 3.63) is 53.9 Å². The van der Waals surface area contributed by atoms with Gasteiger partial charge in [-0.15, -0.1) is 0 Å². The zero-order valence-electron chi connectivity index (χ0n) is 16.0. The van der Waals surface area contributed by atoms with E-state index in [-0.39, 0.29) is 11.3 Å². The van der Waals surface area contributed by atoms with Crippen LogP contribution in [0.4, 0.5) is 11.4 Å². The monoisotopic (exact) mass is 351 g/mol. The second-order valence-corrected chi connectivity index (χ2v) is 8.19. The van der Waals surface area contributed by atoms with Gasteiger partial charge in [0.1, 0.15) is 0 Å². The summed E-state index contributed by atoms with van der Waals surface area (Å²) in [6.45, 7) is 6.44. The normalized spacial score (nSPS) is 15.5. The predicted octanol–water partition coefficient (Wildman–Crippen LogP) is 5.38. The van der Waals surface area contributed by atoms with Crippen molar-refractivity contribution in [2.75, 3.05) is 10.6 Å². The largest absolute Gasteiger partial charge is 0.381 e. The van der Waals surface area contributed by atoms with Gasteiger partial charge in [-0.05, 0) is 36.0 Å². The fourth-order valence-electron chi connectivity index (χ4n) is 3.57. The van der Waals surface area contributed by atoms with Crippen LogP contribution in [0.5, 0.6) is 0 Å². The van der Waals surface area contributed by atoms with Crippen LogP contribution in [-0.2, 0) is 5.41 Å². The Bertz CT molecular complexity index is 758. The molecule has 26 heavy (non-hydrogen) atoms. The molecule has 3 rings (SSSR count). The Kier molecular flexibility index (Phi) is 5.60. The summed E-state index contributed by atoms with van der Waals surface area (Å²) in [4.78, 5) is 17.0. The van der Waals surface area contributed by atoms with Crippen molar-refractivity contribution in [1.82, 2.24) is 4.98 Å². The van der Waals surface area contributed by atoms with Crippen molar-refractivity contribution in [3.8, 4) is 0 Å². The molecule has 138 valence electrons. The van der Waals surface area contributed by atoms with Gasteiger partial charge in [0.25, 0.3) is 5.91 Å². The van der Waals surface area contributed by atoms with E-state index in [1.54, 1.807) is 12.4 Å². The summed E-state index contributed by atoms with van der Waals surface area (Å²) >= 11 is 0. The van der Waals surface area contributed by atoms with E-state index >= 15 is 0 Å². The highest BCUT2D eigenvalue weighted by atomic mass is 16.1. The Morgan fingerprint density at radius 3 is 2.54 bits per heavy atom. The number of nitrogens with one attached hydrogen (secondary N) is 2. The Morgan fingerprint density at radius 1 is 1.08 bits per heavy atom. The number of nitrogens with zero attached hydrogens (tertiary/aromatic N) is 1. The van der Waals surface area contributed by atoms with Gasteiger partial charge >= 0.3 is 0 Å². The molecule has 1 fully saturated rings. The predicted molar refractivity (Wildman–Crippen MR) is 108 cm³/mol. The second kappa shape index (κ2) is 7.90. The summed E-state index contributed by atoms with van der Waals surface area (Å²) in [6.07, 6.45) is 9.68. The van der Waals surface area contributed by atoms with E-state index in [4.69, 9.17) is 0 Å². The summed E-state index contributed by atoms with van der Waals surface area (Å²) in [7, 11) is 0. The quantitative estimate of drug-likeness (QED) is 0.778. The molecule has 2 aromatic rings. The van der Waals surface area contributed by atoms with Crippen molar-refractivity contribution in [3.63, 3.8) is 0 Å². The lowest BCUT2D eigenvalue weighted by Gasteiger charge is -2.24. The van der Waals surface area contributed by atoms with Crippen molar-refractivity contribution in [2.24, 2.45) is 0 Å². The maximum absolute atomic E-state index is 12.8. The standard InChI is InChI=1S/C22H29N3O/c1-22(2,3)19-11-7-8-12-20(19)25-21(26)16-13-18(15-23-14-16)24-17-9-5-4-6-10-17/h7-8,11-15,17,24H,4-6,9-10H2,1-3H3,(H,25,26). The van der Waals surface area contributed by atoms with Gasteiger partial charge in [-0.2, -0.15) is 0 Å². The number of para-hydroxylation sites is 1. The summed E-state index contributed by atoms with van der Waals surface area (Å²) < 4.78 is 0. The first-order valence-electron chi connectivity index (χ1n) is 9.56. The fourth-order valence-corrected chi connectivity index (χ4v) is 3.57. The molecule has 0 radical (unpaired) electrons. The average Bonchev–Trinajstić information content (AvgIpc) is 2.62. The molecule has 1 amide bonds. The van der Waals surface area contributed by atoms with Crippen LogP contribution >= 0.6 is 0 Å². The molecule has 1 aromatic heterocycles. The molecular weight excluding hydrogens is 322 g/mol. The van der Waals surface area contributed by atoms with E-state index < -0.39 is 0 Å². The highest BCUT2D eigenvalue weighted by Crippen LogP contribution is 2.29. The molecule has 1 aliphatic carbocycles. The number of rotatable bonds is 4. The molecule has 4 heteroatoms. The van der Waals surface area contributed by atoms with Crippen LogP contribution in [-0.4, -0.2) is 16.9 Å². The molecule has 0 saturated heterocycles. The van der Waals surface area contributed by atoms with Crippen LogP contribution in [0.15, 0.2) is 42.7 Å². The third-order valence-corrected chi connectivity index (χ3v) is 4.96. The third kappa shape index (κ3) is 4.63. The molecule has 1 heterocycles. The Hall–Kier alpha value is -2.36. The van der Waals surface area contributed by atoms with Crippen molar-refractivity contribution >= 4 is 17.3 Å². The maximum Gasteiger partial charge on any atom is 0.257 e. The molecule has 1 aliphatic rings. The van der Waals surface area contributed by atoms with E-state index in [1.807, 2.05) is 24.3 Å². The van der Waals surface area contributed by atoms with Crippen LogP contribution in [0.2, 0.25) is 0 Å². The first-order chi connectivity index (χ1) is 12.4. The molecular formula is C22H29N3O. The van der Waals surface area contributed by atoms with Crippen LogP contribution in [0.25, 0.3) is 0 Å². The van der Waals surface area contributed by atoms with Gasteiger partial charge < -0.3 is 10.6 Å². The Labute approximate surface area is 156 Å². The van der Waals surface area contributed by atoms with Gasteiger partial charge in [0.15, 0.2) is 0 Å². The summed E-state index contributed by atoms with van der Waals surface area (Å²) in [6, 6.07) is 10.4. The first-order valence-corrected chi connectivity index (χ1v) is 9.56. The topological polar surface area (TPSA) is 54.0 Å². The van der Waals surface area contributed by atoms with Crippen LogP contribution in [0, 0.1) is 0 Å². The fraction of sp³-hybridized carbons (Fsp3) is 0.455. The van der Waals surface area contributed by atoms with Crippen LogP contribution < -0.4 is 10.6 Å². The van der Waals surface area contributed by atoms with Gasteiger partial charge in [0.05, 0.1) is 11.3 Å². The van der Waals surface area contributed by atoms with Crippen LogP contribution in [0.3, 0.4) is 0 Å². The number of hydrogen-bond acceptors (Lipinski definition) is 3. The maximum atomic E-state index is 12.8. The molecule has 1 aromatic carbocycles. The number of pyridine rings is 1. The zero-order chi connectivity index (χ0) is 18.6. The van der Waals surface area contributed by atoms with Crippen molar-refractivity contribution < 1.29 is 4.79 Å². The number of amides is 1. The van der Waals surface area contributed by atoms with Crippen LogP contribution in [0.1, 0.15) is 68.8 Å². The molecule has 0 bridgehead atoms. The average molecular weight is 351 g/mol. The van der Waals surface area contributed by atoms with E-state index in [9.17, 15) is 4.79 Å². The van der Waals surface area contributed by atoms with Crippen molar-refractivity contribution in [1.29, 1.82) is 0 Å². The molecule has 2 N–H and O–H groups in total. The molecule has 1 saturated carbocycles. The summed E-state index contributed by atoms with van der Waals surface area (Å²) in [5.74, 6) is -0.124. The third-order valence-electron chi connectivity index (χ3n) is 4.96. The van der Waals surface area contributed by atoms with Gasteiger partial charge in [-0.1, -0.05) is 58.2 Å². The minimum Gasteiger partial charge on any atom is -0.381 e. The summed E-state index contributed by atoms with van der Waals surface area (Å²) in [5, 5.41) is 6.59. The molecule has 0 spiro atoms. The first kappa shape index (κ1) is 18.4. The molecule has 0 atom stereocenters. The Balaban J connectivity index is 1.73. The number of aromatic nitrogens is 1. The lowest BCUT2D eigenvalue weighted by Crippen LogP contribution is -2.23. The van der Waals surface area contributed by atoms with E-state index in [2.05, 4.69) is 42.5 Å². The molecule has 4 nitrogen and oxygen atoms in total. The van der Waals surface area contributed by atoms with Gasteiger partial charge in [-0.25, -0.2) is 0 Å². The van der Waals surface area contributed by atoms with E-state index in [1.165, 1.54) is 32.1 Å². The van der Waals surface area contributed by atoms with Gasteiger partial charge in [0.2, 0.25) is 0 Å². The Morgan fingerprint density at radius 2 is 1.81 bits per heavy atom. The zero-order valence-corrected chi connectivity index (χ0v) is 16.0. The van der Waals surface area contributed by atoms with Crippen molar-refractivity contribution in [2.45, 2.75) is 64.3 Å². The number of carbonyl (C=O) groups excluding carboxylic acids is 1. The number of anilines is 2. The van der Waals surface area contributed by atoms with Gasteiger partial charge in [-0.3, -0.25) is 9.78 Å². The lowest BCUT2D eigenvalue weighted by atomic mass is 9.86. The minimum absolute atomic E-state index is 0.0352. The SMILES string of the molecule is CC(C)(C)c1ccccc1NC(=O)c1cncc(NC2CCCCC2)c1. The summed E-state index contributed by atoms with van der Waals surface area (Å²) in [5.41, 5.74) is 3.45. The second-order valence-electron chi connectivity index (χ2n) is 8.19. The van der Waals surface area contributed by atoms with Gasteiger partial charge in [0, 0.05) is 24.1 Å². The highest BCUT2D eigenvalue weighted by Gasteiger charge is 2.19. The minimum atomic E-state index is -0.124. The number of carbonyl (C=O) groups is 1. The number of hydrogen-bond donors (Lipinski definition) is 2.